The minimum atomic E-state index is -1.61. The van der Waals surface area contributed by atoms with Crippen molar-refractivity contribution in [2.45, 2.75) is 13.3 Å². The lowest BCUT2D eigenvalue weighted by Crippen LogP contribution is -2.44. The van der Waals surface area contributed by atoms with E-state index in [0.29, 0.717) is 17.3 Å². The molecule has 0 spiro atoms. The normalized spacial score (nSPS) is 15.1. The molecule has 0 radical (unpaired) electrons. The van der Waals surface area contributed by atoms with E-state index in [1.54, 1.807) is 30.5 Å². The fraction of sp³-hybridized carbons (Fsp3) is 0.292. The first kappa shape index (κ1) is 23.4. The number of piperazine rings is 1. The highest BCUT2D eigenvalue weighted by Crippen LogP contribution is 2.28. The van der Waals surface area contributed by atoms with Gasteiger partial charge in [0.25, 0.3) is 0 Å². The third-order valence-corrected chi connectivity index (χ3v) is 5.42. The van der Waals surface area contributed by atoms with Crippen LogP contribution >= 0.6 is 0 Å². The molecule has 1 aliphatic heterocycles. The highest BCUT2D eigenvalue weighted by molar-refractivity contribution is 5.94. The number of rotatable bonds is 8. The number of benzene rings is 1. The minimum absolute atomic E-state index is 0.192. The molecule has 1 aromatic carbocycles. The number of likely N-dealkylation sites (N-methyl/N-ethyl adjacent to an activating group) is 1. The van der Waals surface area contributed by atoms with Crippen molar-refractivity contribution in [3.63, 3.8) is 0 Å². The molecule has 9 nitrogen and oxygen atoms in total. The van der Waals surface area contributed by atoms with Gasteiger partial charge in [-0.15, -0.1) is 0 Å². The number of carbonyl (C=O) groups is 1. The first-order valence-corrected chi connectivity index (χ1v) is 11.0. The number of carbonyl (C=O) groups excluding carboxylic acids is 1. The molecule has 0 saturated carbocycles. The highest BCUT2D eigenvalue weighted by Gasteiger charge is 2.19. The maximum atomic E-state index is 13.8. The summed E-state index contributed by atoms with van der Waals surface area (Å²) < 4.78 is 13.8. The Bertz CT molecular complexity index is 1100. The van der Waals surface area contributed by atoms with Crippen LogP contribution < -0.4 is 21.0 Å². The molecular weight excluding hydrogens is 437 g/mol. The van der Waals surface area contributed by atoms with Crippen LogP contribution in [0.25, 0.3) is 0 Å². The lowest BCUT2D eigenvalue weighted by Gasteiger charge is -2.33. The molecule has 10 heteroatoms. The van der Waals surface area contributed by atoms with Gasteiger partial charge in [0.2, 0.25) is 12.3 Å². The maximum absolute atomic E-state index is 13.8. The van der Waals surface area contributed by atoms with E-state index >= 15 is 0 Å². The predicted molar refractivity (Wildman–Crippen MR) is 130 cm³/mol. The number of amides is 1. The van der Waals surface area contributed by atoms with Crippen LogP contribution in [0.3, 0.4) is 0 Å². The zero-order valence-corrected chi connectivity index (χ0v) is 19.2. The van der Waals surface area contributed by atoms with Crippen molar-refractivity contribution >= 4 is 34.7 Å². The van der Waals surface area contributed by atoms with Gasteiger partial charge in [0.15, 0.2) is 5.82 Å². The second-order valence-electron chi connectivity index (χ2n) is 8.06. The van der Waals surface area contributed by atoms with E-state index in [0.717, 1.165) is 31.9 Å². The molecule has 0 bridgehead atoms. The van der Waals surface area contributed by atoms with Crippen LogP contribution in [0, 0.1) is 0 Å². The van der Waals surface area contributed by atoms with Crippen LogP contribution in [-0.4, -0.2) is 60.4 Å². The van der Waals surface area contributed by atoms with E-state index in [1.807, 2.05) is 18.2 Å². The summed E-state index contributed by atoms with van der Waals surface area (Å²) in [5, 5.41) is 4.33. The SMILES string of the molecule is CC(F)ON(c1ccccc1)c1cc(C(N)=O)cc(Nc2ccc(N3CCN(C)CC3)cn2)n1. The Morgan fingerprint density at radius 2 is 1.85 bits per heavy atom. The fourth-order valence-electron chi connectivity index (χ4n) is 3.63. The average Bonchev–Trinajstić information content (AvgIpc) is 2.84. The minimum Gasteiger partial charge on any atom is -0.368 e. The molecule has 1 fully saturated rings. The first-order valence-electron chi connectivity index (χ1n) is 11.0. The van der Waals surface area contributed by atoms with Crippen LogP contribution in [0.5, 0.6) is 0 Å². The van der Waals surface area contributed by atoms with Gasteiger partial charge in [0.1, 0.15) is 11.6 Å². The number of pyridine rings is 2. The van der Waals surface area contributed by atoms with Crippen LogP contribution in [-0.2, 0) is 4.84 Å². The summed E-state index contributed by atoms with van der Waals surface area (Å²) in [4.78, 5) is 30.9. The Morgan fingerprint density at radius 3 is 2.47 bits per heavy atom. The van der Waals surface area contributed by atoms with Gasteiger partial charge in [0.05, 0.1) is 17.6 Å². The Hall–Kier alpha value is -3.76. The number of nitrogens with one attached hydrogen (secondary N) is 1. The van der Waals surface area contributed by atoms with Gasteiger partial charge >= 0.3 is 0 Å². The molecule has 3 aromatic rings. The lowest BCUT2D eigenvalue weighted by molar-refractivity contribution is -0.0255. The van der Waals surface area contributed by atoms with Gasteiger partial charge in [-0.1, -0.05) is 18.2 Å². The molecule has 1 atom stereocenters. The van der Waals surface area contributed by atoms with Crippen molar-refractivity contribution in [1.82, 2.24) is 14.9 Å². The van der Waals surface area contributed by atoms with Gasteiger partial charge in [-0.25, -0.2) is 24.3 Å². The molecular formula is C24H28FN7O2. The summed E-state index contributed by atoms with van der Waals surface area (Å²) in [7, 11) is 2.11. The molecule has 1 aliphatic rings. The summed E-state index contributed by atoms with van der Waals surface area (Å²) in [6.07, 6.45) is 0.191. The Morgan fingerprint density at radius 1 is 1.12 bits per heavy atom. The molecule has 1 amide bonds. The van der Waals surface area contributed by atoms with Crippen molar-refractivity contribution in [2.24, 2.45) is 5.73 Å². The molecule has 3 N–H and O–H groups in total. The molecule has 2 aromatic heterocycles. The second-order valence-corrected chi connectivity index (χ2v) is 8.06. The zero-order valence-electron chi connectivity index (χ0n) is 19.2. The van der Waals surface area contributed by atoms with E-state index in [-0.39, 0.29) is 11.4 Å². The summed E-state index contributed by atoms with van der Waals surface area (Å²) in [6.45, 7) is 5.16. The van der Waals surface area contributed by atoms with Crippen LogP contribution in [0.1, 0.15) is 17.3 Å². The smallest absolute Gasteiger partial charge is 0.248 e. The average molecular weight is 466 g/mol. The van der Waals surface area contributed by atoms with Crippen LogP contribution in [0.2, 0.25) is 0 Å². The number of anilines is 5. The van der Waals surface area contributed by atoms with E-state index in [4.69, 9.17) is 10.6 Å². The first-order chi connectivity index (χ1) is 16.4. The number of halogens is 1. The molecule has 1 saturated heterocycles. The van der Waals surface area contributed by atoms with E-state index in [1.165, 1.54) is 24.1 Å². The van der Waals surface area contributed by atoms with Crippen LogP contribution in [0.15, 0.2) is 60.8 Å². The van der Waals surface area contributed by atoms with Crippen molar-refractivity contribution < 1.29 is 14.0 Å². The van der Waals surface area contributed by atoms with E-state index in [9.17, 15) is 9.18 Å². The standard InChI is InChI=1S/C24H28FN7O2/c1-17(25)34-32(19-6-4-3-5-7-19)23-15-18(24(26)33)14-22(29-23)28-21-9-8-20(16-27-21)31-12-10-30(2)11-13-31/h3-9,14-17H,10-13H2,1-2H3,(H2,26,33)(H,27,28,29). The molecule has 0 aliphatic carbocycles. The van der Waals surface area contributed by atoms with Crippen molar-refractivity contribution in [3.8, 4) is 0 Å². The number of primary amides is 1. The van der Waals surface area contributed by atoms with Crippen molar-refractivity contribution in [3.05, 3.63) is 66.4 Å². The van der Waals surface area contributed by atoms with Gasteiger partial charge in [-0.3, -0.25) is 4.79 Å². The van der Waals surface area contributed by atoms with E-state index in [2.05, 4.69) is 32.1 Å². The summed E-state index contributed by atoms with van der Waals surface area (Å²) in [5.41, 5.74) is 7.32. The van der Waals surface area contributed by atoms with Gasteiger partial charge in [0, 0.05) is 31.7 Å². The number of alkyl halides is 1. The second kappa shape index (κ2) is 10.4. The van der Waals surface area contributed by atoms with Crippen molar-refractivity contribution in [1.29, 1.82) is 0 Å². The highest BCUT2D eigenvalue weighted by atomic mass is 19.1. The molecule has 1 unspecified atom stereocenters. The van der Waals surface area contributed by atoms with Crippen molar-refractivity contribution in [2.75, 3.05) is 48.5 Å². The number of nitrogens with two attached hydrogens (primary N) is 1. The topological polar surface area (TPSA) is 99.8 Å². The number of hydrogen-bond donors (Lipinski definition) is 2. The Labute approximate surface area is 197 Å². The number of nitrogens with zero attached hydrogens (tertiary/aromatic N) is 5. The predicted octanol–water partition coefficient (Wildman–Crippen LogP) is 3.46. The summed E-state index contributed by atoms with van der Waals surface area (Å²) >= 11 is 0. The third kappa shape index (κ3) is 5.77. The van der Waals surface area contributed by atoms with Crippen LogP contribution in [0.4, 0.5) is 33.2 Å². The Kier molecular flexibility index (Phi) is 7.19. The lowest BCUT2D eigenvalue weighted by atomic mass is 10.2. The van der Waals surface area contributed by atoms with E-state index < -0.39 is 12.3 Å². The maximum Gasteiger partial charge on any atom is 0.248 e. The van der Waals surface area contributed by atoms with Gasteiger partial charge in [-0.05, 0) is 50.4 Å². The number of aromatic nitrogens is 2. The summed E-state index contributed by atoms with van der Waals surface area (Å²) in [5.74, 6) is 0.418. The number of hydrogen-bond acceptors (Lipinski definition) is 8. The third-order valence-electron chi connectivity index (χ3n) is 5.42. The number of para-hydroxylation sites is 1. The molecule has 4 rings (SSSR count). The zero-order chi connectivity index (χ0) is 24.1. The monoisotopic (exact) mass is 465 g/mol. The molecule has 34 heavy (non-hydrogen) atoms. The quantitative estimate of drug-likeness (QED) is 0.488. The summed E-state index contributed by atoms with van der Waals surface area (Å²) in [6, 6.07) is 15.7. The largest absolute Gasteiger partial charge is 0.368 e. The Balaban J connectivity index is 1.60. The molecule has 178 valence electrons. The fourth-order valence-corrected chi connectivity index (χ4v) is 3.63. The molecule has 3 heterocycles. The van der Waals surface area contributed by atoms with Gasteiger partial charge < -0.3 is 20.9 Å². The van der Waals surface area contributed by atoms with Gasteiger partial charge in [-0.2, -0.15) is 0 Å².